The van der Waals surface area contributed by atoms with Gasteiger partial charge in [0.2, 0.25) is 0 Å². The molecular weight excluding hydrogens is 327 g/mol. The first-order chi connectivity index (χ1) is 11.9. The van der Waals surface area contributed by atoms with Crippen LogP contribution in [0, 0.1) is 5.82 Å². The van der Waals surface area contributed by atoms with Crippen LogP contribution in [0.15, 0.2) is 42.6 Å². The fraction of sp³-hybridized carbons (Fsp3) is 0.118. The number of aromatic nitrogens is 2. The molecule has 0 aliphatic rings. The van der Waals surface area contributed by atoms with Crippen LogP contribution in [0.1, 0.15) is 20.8 Å². The van der Waals surface area contributed by atoms with E-state index in [0.717, 1.165) is 5.06 Å². The fourth-order valence-corrected chi connectivity index (χ4v) is 2.55. The zero-order valence-corrected chi connectivity index (χ0v) is 13.6. The molecule has 0 atom stereocenters. The third kappa shape index (κ3) is 2.83. The maximum atomic E-state index is 13.7. The Balaban J connectivity index is 2.37. The third-order valence-electron chi connectivity index (χ3n) is 3.78. The molecule has 128 valence electrons. The Labute approximate surface area is 142 Å². The van der Waals surface area contributed by atoms with Crippen LogP contribution in [0.4, 0.5) is 4.39 Å². The zero-order valence-electron chi connectivity index (χ0n) is 13.6. The van der Waals surface area contributed by atoms with Gasteiger partial charge in [-0.3, -0.25) is 18.8 Å². The van der Waals surface area contributed by atoms with E-state index in [-0.39, 0.29) is 16.9 Å². The van der Waals surface area contributed by atoms with Crippen molar-refractivity contribution < 1.29 is 18.8 Å². The number of halogens is 1. The van der Waals surface area contributed by atoms with Crippen molar-refractivity contribution in [1.82, 2.24) is 14.4 Å². The number of nitrogens with zero attached hydrogens (tertiary/aromatic N) is 3. The molecule has 2 aromatic heterocycles. The number of hydroxylamine groups is 2. The maximum Gasteiger partial charge on any atom is 0.298 e. The molecule has 0 bridgehead atoms. The number of imidazole rings is 1. The number of carbonyl (C=O) groups excluding carboxylic acids is 2. The largest absolute Gasteiger partial charge is 0.365 e. The van der Waals surface area contributed by atoms with E-state index in [9.17, 15) is 14.0 Å². The molecule has 3 rings (SSSR count). The predicted octanol–water partition coefficient (Wildman–Crippen LogP) is 1.87. The molecule has 0 spiro atoms. The van der Waals surface area contributed by atoms with Gasteiger partial charge in [-0.05, 0) is 24.3 Å². The van der Waals surface area contributed by atoms with Gasteiger partial charge in [-0.1, -0.05) is 12.1 Å². The number of hydrogen-bond donors (Lipinski definition) is 1. The monoisotopic (exact) mass is 342 g/mol. The van der Waals surface area contributed by atoms with Gasteiger partial charge in [0.25, 0.3) is 11.8 Å². The van der Waals surface area contributed by atoms with Gasteiger partial charge >= 0.3 is 0 Å². The van der Waals surface area contributed by atoms with E-state index in [2.05, 4.69) is 4.98 Å². The first-order valence-corrected chi connectivity index (χ1v) is 7.33. The Bertz CT molecular complexity index is 983. The Hall–Kier alpha value is -3.26. The van der Waals surface area contributed by atoms with Crippen molar-refractivity contribution >= 4 is 17.5 Å². The number of rotatable bonds is 4. The molecule has 25 heavy (non-hydrogen) atoms. The maximum absolute atomic E-state index is 13.7. The summed E-state index contributed by atoms with van der Waals surface area (Å²) in [7, 11) is 2.76. The topological polar surface area (TPSA) is 89.9 Å². The van der Waals surface area contributed by atoms with Gasteiger partial charge < -0.3 is 5.73 Å². The number of nitrogens with two attached hydrogens (primary N) is 1. The van der Waals surface area contributed by atoms with E-state index in [0.29, 0.717) is 11.3 Å². The van der Waals surface area contributed by atoms with Gasteiger partial charge in [0.15, 0.2) is 11.3 Å². The molecule has 8 heteroatoms. The average Bonchev–Trinajstić information content (AvgIpc) is 2.99. The smallest absolute Gasteiger partial charge is 0.298 e. The highest BCUT2D eigenvalue weighted by Crippen LogP contribution is 2.28. The number of pyridine rings is 1. The summed E-state index contributed by atoms with van der Waals surface area (Å²) < 4.78 is 15.2. The number of hydrogen-bond acceptors (Lipinski definition) is 4. The lowest BCUT2D eigenvalue weighted by atomic mass is 10.1. The van der Waals surface area contributed by atoms with E-state index in [1.807, 2.05) is 0 Å². The summed E-state index contributed by atoms with van der Waals surface area (Å²) in [4.78, 5) is 33.5. The summed E-state index contributed by atoms with van der Waals surface area (Å²) in [5, 5.41) is 0.995. The van der Waals surface area contributed by atoms with E-state index in [1.165, 1.54) is 42.8 Å². The van der Waals surface area contributed by atoms with Crippen LogP contribution in [0.3, 0.4) is 0 Å². The molecule has 0 fully saturated rings. The highest BCUT2D eigenvalue weighted by atomic mass is 19.1. The third-order valence-corrected chi connectivity index (χ3v) is 3.78. The molecule has 0 unspecified atom stereocenters. The average molecular weight is 342 g/mol. The van der Waals surface area contributed by atoms with Gasteiger partial charge in [0.1, 0.15) is 5.82 Å². The van der Waals surface area contributed by atoms with Crippen molar-refractivity contribution in [2.75, 3.05) is 14.2 Å². The lowest BCUT2D eigenvalue weighted by Gasteiger charge is -2.13. The summed E-state index contributed by atoms with van der Waals surface area (Å²) in [6, 6.07) is 8.86. The van der Waals surface area contributed by atoms with Crippen LogP contribution in [-0.4, -0.2) is 40.4 Å². The molecule has 2 heterocycles. The quantitative estimate of drug-likeness (QED) is 0.733. The summed E-state index contributed by atoms with van der Waals surface area (Å²) in [6.07, 6.45) is 1.62. The highest BCUT2D eigenvalue weighted by Gasteiger charge is 2.25. The normalized spacial score (nSPS) is 10.8. The highest BCUT2D eigenvalue weighted by molar-refractivity contribution is 6.03. The Morgan fingerprint density at radius 2 is 2.04 bits per heavy atom. The summed E-state index contributed by atoms with van der Waals surface area (Å²) in [6.45, 7) is 0. The second-order valence-corrected chi connectivity index (χ2v) is 5.28. The SMILES string of the molecule is CON(C)C(=O)c1nc2c(C(N)=O)cccn2c1-c1cccc(F)c1. The van der Waals surface area contributed by atoms with Gasteiger partial charge in [-0.25, -0.2) is 14.4 Å². The molecule has 7 nitrogen and oxygen atoms in total. The van der Waals surface area contributed by atoms with Gasteiger partial charge in [0, 0.05) is 18.8 Å². The molecule has 0 saturated carbocycles. The van der Waals surface area contributed by atoms with Crippen LogP contribution < -0.4 is 5.73 Å². The number of amides is 2. The molecule has 3 aromatic rings. The van der Waals surface area contributed by atoms with E-state index >= 15 is 0 Å². The minimum Gasteiger partial charge on any atom is -0.365 e. The first-order valence-electron chi connectivity index (χ1n) is 7.33. The summed E-state index contributed by atoms with van der Waals surface area (Å²) in [5.41, 5.74) is 6.54. The van der Waals surface area contributed by atoms with Crippen LogP contribution in [0.5, 0.6) is 0 Å². The van der Waals surface area contributed by atoms with Crippen LogP contribution in [-0.2, 0) is 4.84 Å². The Kier molecular flexibility index (Phi) is 4.20. The van der Waals surface area contributed by atoms with Crippen molar-refractivity contribution in [1.29, 1.82) is 0 Å². The molecule has 0 radical (unpaired) electrons. The molecule has 2 amide bonds. The lowest BCUT2D eigenvalue weighted by Crippen LogP contribution is -2.26. The Morgan fingerprint density at radius 3 is 2.68 bits per heavy atom. The number of carbonyl (C=O) groups is 2. The molecular formula is C17H15FN4O3. The van der Waals surface area contributed by atoms with Crippen LogP contribution in [0.25, 0.3) is 16.9 Å². The van der Waals surface area contributed by atoms with Crippen LogP contribution >= 0.6 is 0 Å². The molecule has 0 aliphatic heterocycles. The first kappa shape index (κ1) is 16.6. The number of primary amides is 1. The standard InChI is InChI=1S/C17H15FN4O3/c1-21(25-2)17(24)13-14(10-5-3-6-11(18)9-10)22-8-4-7-12(15(19)23)16(22)20-13/h3-9H,1-2H3,(H2,19,23). The van der Waals surface area contributed by atoms with E-state index in [1.54, 1.807) is 18.3 Å². The van der Waals surface area contributed by atoms with Crippen LogP contribution in [0.2, 0.25) is 0 Å². The predicted molar refractivity (Wildman–Crippen MR) is 88.2 cm³/mol. The van der Waals surface area contributed by atoms with Gasteiger partial charge in [-0.15, -0.1) is 0 Å². The number of fused-ring (bicyclic) bond motifs is 1. The second-order valence-electron chi connectivity index (χ2n) is 5.28. The number of benzene rings is 1. The van der Waals surface area contributed by atoms with Crippen molar-refractivity contribution in [2.45, 2.75) is 0 Å². The van der Waals surface area contributed by atoms with Crippen molar-refractivity contribution in [3.63, 3.8) is 0 Å². The minimum absolute atomic E-state index is 0.0173. The fourth-order valence-electron chi connectivity index (χ4n) is 2.55. The zero-order chi connectivity index (χ0) is 18.1. The van der Waals surface area contributed by atoms with Crippen molar-refractivity contribution in [3.05, 3.63) is 59.7 Å². The van der Waals surface area contributed by atoms with Gasteiger partial charge in [0.05, 0.1) is 18.4 Å². The molecule has 2 N–H and O–H groups in total. The van der Waals surface area contributed by atoms with E-state index < -0.39 is 17.6 Å². The van der Waals surface area contributed by atoms with Gasteiger partial charge in [-0.2, -0.15) is 0 Å². The minimum atomic E-state index is -0.680. The molecule has 0 aliphatic carbocycles. The molecule has 1 aromatic carbocycles. The summed E-state index contributed by atoms with van der Waals surface area (Å²) in [5.74, 6) is -1.68. The van der Waals surface area contributed by atoms with Crippen molar-refractivity contribution in [3.8, 4) is 11.3 Å². The van der Waals surface area contributed by atoms with Crippen molar-refractivity contribution in [2.24, 2.45) is 5.73 Å². The second kappa shape index (κ2) is 6.33. The summed E-state index contributed by atoms with van der Waals surface area (Å²) >= 11 is 0. The van der Waals surface area contributed by atoms with E-state index in [4.69, 9.17) is 10.6 Å². The lowest BCUT2D eigenvalue weighted by molar-refractivity contribution is -0.0759. The Morgan fingerprint density at radius 1 is 1.28 bits per heavy atom. The molecule has 0 saturated heterocycles.